The minimum Gasteiger partial charge on any atom is -0.306 e. The van der Waals surface area contributed by atoms with Crippen LogP contribution in [0.25, 0.3) is 0 Å². The van der Waals surface area contributed by atoms with Crippen molar-refractivity contribution in [1.29, 1.82) is 0 Å². The summed E-state index contributed by atoms with van der Waals surface area (Å²) in [6, 6.07) is 3.87. The van der Waals surface area contributed by atoms with Crippen molar-refractivity contribution in [3.63, 3.8) is 0 Å². The van der Waals surface area contributed by atoms with E-state index in [9.17, 15) is 30.0 Å². The summed E-state index contributed by atoms with van der Waals surface area (Å²) in [7, 11) is -5.45. The molecule has 1 aromatic carbocycles. The maximum Gasteiger partial charge on any atom is 0.416 e. The third kappa shape index (κ3) is 6.85. The molecule has 0 spiro atoms. The maximum absolute atomic E-state index is 13.1. The summed E-state index contributed by atoms with van der Waals surface area (Å²) in [6.07, 6.45) is -0.621. The minimum absolute atomic E-state index is 0.0603. The molecule has 0 aromatic heterocycles. The molecule has 0 aliphatic carbocycles. The third-order valence-electron chi connectivity index (χ3n) is 7.90. The molecule has 3 fully saturated rings. The van der Waals surface area contributed by atoms with Crippen LogP contribution < -0.4 is 0 Å². The number of piperidine rings is 1. The Morgan fingerprint density at radius 2 is 1.59 bits per heavy atom. The van der Waals surface area contributed by atoms with Crippen molar-refractivity contribution >= 4 is 20.0 Å². The average molecular weight is 567 g/mol. The Balaban J connectivity index is 1.30. The summed E-state index contributed by atoms with van der Waals surface area (Å²) >= 11 is 0. The van der Waals surface area contributed by atoms with Gasteiger partial charge in [0.15, 0.2) is 0 Å². The molecule has 3 aliphatic heterocycles. The quantitative estimate of drug-likeness (QED) is 0.482. The van der Waals surface area contributed by atoms with Gasteiger partial charge in [-0.3, -0.25) is 4.90 Å². The smallest absolute Gasteiger partial charge is 0.306 e. The average Bonchev–Trinajstić information content (AvgIpc) is 3.34. The van der Waals surface area contributed by atoms with Crippen LogP contribution in [-0.2, 0) is 26.2 Å². The zero-order valence-electron chi connectivity index (χ0n) is 21.2. The van der Waals surface area contributed by atoms with E-state index in [1.54, 1.807) is 4.31 Å². The number of likely N-dealkylation sites (tertiary alicyclic amines) is 1. The maximum atomic E-state index is 13.1. The first kappa shape index (κ1) is 28.8. The molecule has 3 saturated heterocycles. The van der Waals surface area contributed by atoms with Gasteiger partial charge in [-0.25, -0.2) is 16.8 Å². The second-order valence-electron chi connectivity index (χ2n) is 10.4. The number of nitrogens with zero attached hydrogens (tertiary/aromatic N) is 4. The number of hydrogen-bond donors (Lipinski definition) is 0. The highest BCUT2D eigenvalue weighted by Crippen LogP contribution is 2.33. The van der Waals surface area contributed by atoms with Gasteiger partial charge in [-0.2, -0.15) is 21.8 Å². The molecule has 4 rings (SSSR count). The van der Waals surface area contributed by atoms with Crippen molar-refractivity contribution < 1.29 is 30.0 Å². The van der Waals surface area contributed by atoms with Gasteiger partial charge in [0.25, 0.3) is 0 Å². The van der Waals surface area contributed by atoms with E-state index in [4.69, 9.17) is 0 Å². The highest BCUT2D eigenvalue weighted by atomic mass is 32.2. The van der Waals surface area contributed by atoms with Crippen molar-refractivity contribution in [3.05, 3.63) is 29.8 Å². The second kappa shape index (κ2) is 11.5. The lowest BCUT2D eigenvalue weighted by Crippen LogP contribution is -2.54. The minimum atomic E-state index is -4.64. The SMILES string of the molecule is CN1CCC(N2CCN(S(=O)(=O)CCCC3CCCN3S(=O)(=O)c3cccc(C(F)(F)F)c3)CC2)CC1. The van der Waals surface area contributed by atoms with Gasteiger partial charge in [0.2, 0.25) is 20.0 Å². The number of halogens is 3. The Bertz CT molecular complexity index is 1130. The first-order valence-corrected chi connectivity index (χ1v) is 16.0. The number of hydrogen-bond acceptors (Lipinski definition) is 6. The van der Waals surface area contributed by atoms with E-state index in [1.165, 1.54) is 10.4 Å². The fourth-order valence-electron chi connectivity index (χ4n) is 5.72. The first-order chi connectivity index (χ1) is 17.4. The van der Waals surface area contributed by atoms with Crippen LogP contribution in [0.2, 0.25) is 0 Å². The zero-order chi connectivity index (χ0) is 26.8. The zero-order valence-corrected chi connectivity index (χ0v) is 22.9. The number of alkyl halides is 3. The van der Waals surface area contributed by atoms with Crippen LogP contribution in [0.1, 0.15) is 44.1 Å². The molecule has 0 saturated carbocycles. The molecular weight excluding hydrogens is 529 g/mol. The molecule has 8 nitrogen and oxygen atoms in total. The molecule has 0 bridgehead atoms. The van der Waals surface area contributed by atoms with Gasteiger partial charge in [-0.05, 0) is 76.9 Å². The van der Waals surface area contributed by atoms with Gasteiger partial charge in [-0.15, -0.1) is 0 Å². The van der Waals surface area contributed by atoms with Crippen molar-refractivity contribution in [2.24, 2.45) is 0 Å². The molecule has 0 N–H and O–H groups in total. The molecule has 0 radical (unpaired) electrons. The van der Waals surface area contributed by atoms with E-state index >= 15 is 0 Å². The van der Waals surface area contributed by atoms with Crippen LogP contribution >= 0.6 is 0 Å². The standard InChI is InChI=1S/C24H37F3N4O4S2/c1-28-12-9-21(10-13-28)29-14-16-30(17-15-29)36(32,33)18-4-7-22-6-3-11-31(22)37(34,35)23-8-2-5-20(19-23)24(25,26)27/h2,5,8,19,21-22H,3-4,6-7,9-18H2,1H3. The molecule has 13 heteroatoms. The highest BCUT2D eigenvalue weighted by Gasteiger charge is 2.38. The predicted molar refractivity (Wildman–Crippen MR) is 135 cm³/mol. The van der Waals surface area contributed by atoms with Gasteiger partial charge in [0.05, 0.1) is 16.2 Å². The topological polar surface area (TPSA) is 81.2 Å². The van der Waals surface area contributed by atoms with Crippen LogP contribution in [0.15, 0.2) is 29.2 Å². The summed E-state index contributed by atoms with van der Waals surface area (Å²) in [5.41, 5.74) is -1.01. The lowest BCUT2D eigenvalue weighted by molar-refractivity contribution is -0.137. The Labute approximate surface area is 218 Å². The normalized spacial score (nSPS) is 24.6. The van der Waals surface area contributed by atoms with Crippen LogP contribution in [0.3, 0.4) is 0 Å². The van der Waals surface area contributed by atoms with Crippen LogP contribution in [0.4, 0.5) is 13.2 Å². The molecule has 1 atom stereocenters. The summed E-state index contributed by atoms with van der Waals surface area (Å²) in [4.78, 5) is 4.33. The van der Waals surface area contributed by atoms with Crippen LogP contribution in [0.5, 0.6) is 0 Å². The Morgan fingerprint density at radius 1 is 0.919 bits per heavy atom. The second-order valence-corrected chi connectivity index (χ2v) is 14.3. The molecule has 3 heterocycles. The van der Waals surface area contributed by atoms with E-state index in [2.05, 4.69) is 16.8 Å². The van der Waals surface area contributed by atoms with Crippen molar-refractivity contribution in [3.8, 4) is 0 Å². The van der Waals surface area contributed by atoms with Crippen molar-refractivity contribution in [1.82, 2.24) is 18.4 Å². The van der Waals surface area contributed by atoms with Gasteiger partial charge in [0.1, 0.15) is 0 Å². The molecule has 0 amide bonds. The molecule has 210 valence electrons. The predicted octanol–water partition coefficient (Wildman–Crippen LogP) is 2.68. The number of piperazine rings is 1. The molecular formula is C24H37F3N4O4S2. The largest absolute Gasteiger partial charge is 0.416 e. The van der Waals surface area contributed by atoms with Gasteiger partial charge >= 0.3 is 6.18 Å². The molecule has 1 aromatic rings. The monoisotopic (exact) mass is 566 g/mol. The van der Waals surface area contributed by atoms with Crippen LogP contribution in [0, 0.1) is 0 Å². The van der Waals surface area contributed by atoms with Crippen molar-refractivity contribution in [2.75, 3.05) is 58.6 Å². The van der Waals surface area contributed by atoms with Gasteiger partial charge in [0, 0.05) is 44.8 Å². The molecule has 3 aliphatic rings. The number of sulfonamides is 2. The molecule has 1 unspecified atom stereocenters. The van der Waals surface area contributed by atoms with Gasteiger partial charge in [-0.1, -0.05) is 6.07 Å². The Morgan fingerprint density at radius 3 is 2.24 bits per heavy atom. The molecule has 37 heavy (non-hydrogen) atoms. The van der Waals surface area contributed by atoms with Crippen LogP contribution in [-0.4, -0.2) is 106 Å². The lowest BCUT2D eigenvalue weighted by atomic mass is 10.0. The number of rotatable bonds is 8. The van der Waals surface area contributed by atoms with E-state index in [1.807, 2.05) is 0 Å². The third-order valence-corrected chi connectivity index (χ3v) is 11.8. The summed E-state index contributed by atoms with van der Waals surface area (Å²) in [5, 5.41) is 0. The summed E-state index contributed by atoms with van der Waals surface area (Å²) in [6.45, 7) is 4.71. The van der Waals surface area contributed by atoms with E-state index < -0.39 is 37.8 Å². The number of benzene rings is 1. The summed E-state index contributed by atoms with van der Waals surface area (Å²) in [5.74, 6) is -0.0603. The van der Waals surface area contributed by atoms with E-state index in [0.717, 1.165) is 51.2 Å². The Kier molecular flexibility index (Phi) is 8.91. The fourth-order valence-corrected chi connectivity index (χ4v) is 9.00. The van der Waals surface area contributed by atoms with E-state index in [0.29, 0.717) is 50.9 Å². The van der Waals surface area contributed by atoms with Crippen molar-refractivity contribution in [2.45, 2.75) is 61.7 Å². The van der Waals surface area contributed by atoms with Gasteiger partial charge < -0.3 is 4.90 Å². The highest BCUT2D eigenvalue weighted by molar-refractivity contribution is 7.89. The lowest BCUT2D eigenvalue weighted by Gasteiger charge is -2.41. The summed E-state index contributed by atoms with van der Waals surface area (Å²) < 4.78 is 94.3. The fraction of sp³-hybridized carbons (Fsp3) is 0.750. The first-order valence-electron chi connectivity index (χ1n) is 13.0. The Hall–Kier alpha value is -1.25. The van der Waals surface area contributed by atoms with E-state index in [-0.39, 0.29) is 17.2 Å².